The van der Waals surface area contributed by atoms with Crippen LogP contribution in [0.2, 0.25) is 10.0 Å². The van der Waals surface area contributed by atoms with Crippen LogP contribution >= 0.6 is 23.2 Å². The summed E-state index contributed by atoms with van der Waals surface area (Å²) in [6, 6.07) is 15.1. The molecule has 0 aliphatic carbocycles. The maximum Gasteiger partial charge on any atom is 0.323 e. The van der Waals surface area contributed by atoms with Gasteiger partial charge in [0.15, 0.2) is 0 Å². The molecule has 4 rings (SSSR count). The average molecular weight is 523 g/mol. The zero-order chi connectivity index (χ0) is 25.8. The quantitative estimate of drug-likeness (QED) is 0.326. The summed E-state index contributed by atoms with van der Waals surface area (Å²) in [5, 5.41) is 9.82. The lowest BCUT2D eigenvalue weighted by molar-refractivity contribution is 0.100. The van der Waals surface area contributed by atoms with Crippen molar-refractivity contribution in [2.75, 3.05) is 10.6 Å². The minimum Gasteiger partial charge on any atom is -0.366 e. The maximum absolute atomic E-state index is 12.8. The number of primary amides is 1. The van der Waals surface area contributed by atoms with E-state index in [4.69, 9.17) is 28.9 Å². The summed E-state index contributed by atoms with van der Waals surface area (Å²) in [4.78, 5) is 40.9. The predicted molar refractivity (Wildman–Crippen MR) is 140 cm³/mol. The Labute approximate surface area is 215 Å². The molecule has 0 spiro atoms. The Balaban J connectivity index is 1.68. The summed E-state index contributed by atoms with van der Waals surface area (Å²) in [6.07, 6.45) is 2.67. The van der Waals surface area contributed by atoms with Crippen LogP contribution in [0.1, 0.15) is 17.3 Å². The number of hydrogen-bond donors (Lipinski definition) is 3. The van der Waals surface area contributed by atoms with Crippen LogP contribution in [0.3, 0.4) is 0 Å². The Morgan fingerprint density at radius 1 is 0.944 bits per heavy atom. The number of urea groups is 1. The monoisotopic (exact) mass is 522 g/mol. The Hall–Kier alpha value is -4.21. The molecule has 0 atom stereocenters. The first-order valence-corrected chi connectivity index (χ1v) is 11.5. The number of pyridine rings is 1. The molecule has 0 aliphatic rings. The number of benzene rings is 2. The minimum absolute atomic E-state index is 0.0155. The molecule has 2 heterocycles. The van der Waals surface area contributed by atoms with Gasteiger partial charge in [-0.15, -0.1) is 0 Å². The summed E-state index contributed by atoms with van der Waals surface area (Å²) in [5.41, 5.74) is 8.28. The van der Waals surface area contributed by atoms with E-state index < -0.39 is 17.5 Å². The van der Waals surface area contributed by atoms with Crippen molar-refractivity contribution >= 4 is 46.5 Å². The smallest absolute Gasteiger partial charge is 0.323 e. The van der Waals surface area contributed by atoms with E-state index in [2.05, 4.69) is 20.7 Å². The lowest BCUT2D eigenvalue weighted by Gasteiger charge is -2.13. The van der Waals surface area contributed by atoms with E-state index in [-0.39, 0.29) is 28.0 Å². The van der Waals surface area contributed by atoms with Gasteiger partial charge in [0.2, 0.25) is 5.91 Å². The Morgan fingerprint density at radius 3 is 2.25 bits per heavy atom. The first-order chi connectivity index (χ1) is 17.3. The highest BCUT2D eigenvalue weighted by Crippen LogP contribution is 2.29. The minimum atomic E-state index is -0.709. The molecular formula is C25H20Cl2N6O3. The predicted octanol–water partition coefficient (Wildman–Crippen LogP) is 5.04. The van der Waals surface area contributed by atoms with E-state index in [1.807, 2.05) is 30.3 Å². The van der Waals surface area contributed by atoms with Gasteiger partial charge in [0.25, 0.3) is 5.56 Å². The molecule has 4 N–H and O–H groups in total. The number of nitrogens with one attached hydrogen (secondary N) is 2. The van der Waals surface area contributed by atoms with Crippen molar-refractivity contribution in [1.82, 2.24) is 14.8 Å². The average Bonchev–Trinajstić information content (AvgIpc) is 2.87. The fraction of sp³-hybridized carbons (Fsp3) is 0.0800. The van der Waals surface area contributed by atoms with Gasteiger partial charge in [0, 0.05) is 30.1 Å². The fourth-order valence-electron chi connectivity index (χ4n) is 3.49. The standard InChI is InChI=1S/C25H20Cl2N6O3/c1-2-33-24(35)21(30-25(36)31-22-18(26)12-29-13-19(22)27)11-20(32-33)16-7-3-5-14(9-16)15-6-4-8-17(10-15)23(28)34/h3-13H,2H2,1H3,(H2,28,34)(H2,29,30,31,36). The van der Waals surface area contributed by atoms with E-state index >= 15 is 0 Å². The summed E-state index contributed by atoms with van der Waals surface area (Å²) in [7, 11) is 0. The van der Waals surface area contributed by atoms with Crippen molar-refractivity contribution < 1.29 is 9.59 Å². The van der Waals surface area contributed by atoms with Crippen LogP contribution in [-0.2, 0) is 6.54 Å². The Kier molecular flexibility index (Phi) is 7.33. The zero-order valence-corrected chi connectivity index (χ0v) is 20.5. The van der Waals surface area contributed by atoms with Gasteiger partial charge < -0.3 is 16.4 Å². The summed E-state index contributed by atoms with van der Waals surface area (Å²) < 4.78 is 1.25. The van der Waals surface area contributed by atoms with Crippen LogP contribution < -0.4 is 21.9 Å². The number of aryl methyl sites for hydroxylation is 1. The van der Waals surface area contributed by atoms with Gasteiger partial charge >= 0.3 is 6.03 Å². The molecule has 0 aliphatic heterocycles. The molecule has 2 aromatic carbocycles. The third-order valence-electron chi connectivity index (χ3n) is 5.25. The van der Waals surface area contributed by atoms with E-state index in [0.717, 1.165) is 11.1 Å². The van der Waals surface area contributed by atoms with Crippen molar-refractivity contribution in [3.63, 3.8) is 0 Å². The van der Waals surface area contributed by atoms with E-state index in [1.165, 1.54) is 23.1 Å². The molecular weight excluding hydrogens is 503 g/mol. The SMILES string of the molecule is CCn1nc(-c2cccc(-c3cccc(C(N)=O)c3)c2)cc(NC(=O)Nc2c(Cl)cncc2Cl)c1=O. The molecule has 9 nitrogen and oxygen atoms in total. The number of amides is 3. The summed E-state index contributed by atoms with van der Waals surface area (Å²) >= 11 is 12.1. The van der Waals surface area contributed by atoms with Crippen LogP contribution in [0.5, 0.6) is 0 Å². The normalized spacial score (nSPS) is 10.6. The molecule has 4 aromatic rings. The van der Waals surface area contributed by atoms with Gasteiger partial charge in [-0.05, 0) is 42.3 Å². The number of nitrogens with zero attached hydrogens (tertiary/aromatic N) is 3. The van der Waals surface area contributed by atoms with Crippen molar-refractivity contribution in [3.05, 3.63) is 93.0 Å². The maximum atomic E-state index is 12.8. The molecule has 182 valence electrons. The molecule has 11 heteroatoms. The zero-order valence-electron chi connectivity index (χ0n) is 19.0. The van der Waals surface area contributed by atoms with Crippen molar-refractivity contribution in [2.24, 2.45) is 5.73 Å². The van der Waals surface area contributed by atoms with Crippen LogP contribution in [-0.4, -0.2) is 26.7 Å². The first kappa shape index (κ1) is 24.9. The Morgan fingerprint density at radius 2 is 1.58 bits per heavy atom. The van der Waals surface area contributed by atoms with Crippen molar-refractivity contribution in [1.29, 1.82) is 0 Å². The number of hydrogen-bond acceptors (Lipinski definition) is 5. The fourth-order valence-corrected chi connectivity index (χ4v) is 3.95. The molecule has 3 amide bonds. The van der Waals surface area contributed by atoms with Gasteiger partial charge in [0.1, 0.15) is 5.69 Å². The lowest BCUT2D eigenvalue weighted by Crippen LogP contribution is -2.29. The first-order valence-electron chi connectivity index (χ1n) is 10.8. The number of halogens is 2. The highest BCUT2D eigenvalue weighted by molar-refractivity contribution is 6.39. The molecule has 0 unspecified atom stereocenters. The Bertz CT molecular complexity index is 1520. The van der Waals surface area contributed by atoms with Gasteiger partial charge in [-0.3, -0.25) is 14.6 Å². The van der Waals surface area contributed by atoms with Gasteiger partial charge in [-0.1, -0.05) is 53.5 Å². The topological polar surface area (TPSA) is 132 Å². The molecule has 0 saturated heterocycles. The second kappa shape index (κ2) is 10.6. The molecule has 36 heavy (non-hydrogen) atoms. The van der Waals surface area contributed by atoms with Gasteiger partial charge in [-0.2, -0.15) is 5.10 Å². The molecule has 2 aromatic heterocycles. The lowest BCUT2D eigenvalue weighted by atomic mass is 9.99. The highest BCUT2D eigenvalue weighted by Gasteiger charge is 2.15. The van der Waals surface area contributed by atoms with Crippen molar-refractivity contribution in [3.8, 4) is 22.4 Å². The largest absolute Gasteiger partial charge is 0.366 e. The summed E-state index contributed by atoms with van der Waals surface area (Å²) in [6.45, 7) is 2.05. The van der Waals surface area contributed by atoms with Crippen LogP contribution in [0.15, 0.2) is 71.8 Å². The molecule has 0 radical (unpaired) electrons. The van der Waals surface area contributed by atoms with Crippen molar-refractivity contribution in [2.45, 2.75) is 13.5 Å². The third kappa shape index (κ3) is 5.37. The van der Waals surface area contributed by atoms with Crippen LogP contribution in [0.25, 0.3) is 22.4 Å². The van der Waals surface area contributed by atoms with Crippen LogP contribution in [0, 0.1) is 0 Å². The molecule has 0 saturated carbocycles. The molecule has 0 fully saturated rings. The highest BCUT2D eigenvalue weighted by atomic mass is 35.5. The van der Waals surface area contributed by atoms with Gasteiger partial charge in [-0.25, -0.2) is 9.48 Å². The number of carbonyl (C=O) groups is 2. The number of carbonyl (C=O) groups excluding carboxylic acids is 2. The van der Waals surface area contributed by atoms with E-state index in [1.54, 1.807) is 25.1 Å². The number of rotatable bonds is 6. The van der Waals surface area contributed by atoms with E-state index in [0.29, 0.717) is 16.8 Å². The van der Waals surface area contributed by atoms with Crippen LogP contribution in [0.4, 0.5) is 16.2 Å². The second-order valence-corrected chi connectivity index (χ2v) is 8.46. The number of aromatic nitrogens is 3. The number of anilines is 2. The van der Waals surface area contributed by atoms with E-state index in [9.17, 15) is 14.4 Å². The molecule has 0 bridgehead atoms. The third-order valence-corrected chi connectivity index (χ3v) is 5.83. The summed E-state index contributed by atoms with van der Waals surface area (Å²) in [5.74, 6) is -0.520. The number of nitrogens with two attached hydrogens (primary N) is 1. The second-order valence-electron chi connectivity index (χ2n) is 7.65. The van der Waals surface area contributed by atoms with Gasteiger partial charge in [0.05, 0.1) is 21.4 Å².